The van der Waals surface area contributed by atoms with Crippen molar-refractivity contribution in [2.45, 2.75) is 27.2 Å². The first kappa shape index (κ1) is 14.8. The van der Waals surface area contributed by atoms with Gasteiger partial charge in [0.15, 0.2) is 0 Å². The zero-order chi connectivity index (χ0) is 15.2. The Morgan fingerprint density at radius 1 is 1.14 bits per heavy atom. The van der Waals surface area contributed by atoms with E-state index in [1.807, 2.05) is 39.0 Å². The van der Waals surface area contributed by atoms with Crippen molar-refractivity contribution in [3.8, 4) is 6.07 Å². The summed E-state index contributed by atoms with van der Waals surface area (Å²) in [7, 11) is 0. The van der Waals surface area contributed by atoms with Crippen LogP contribution in [0, 0.1) is 18.3 Å². The largest absolute Gasteiger partial charge is 0.370 e. The van der Waals surface area contributed by atoms with Crippen LogP contribution in [0.3, 0.4) is 0 Å². The lowest BCUT2D eigenvalue weighted by Gasteiger charge is -2.14. The zero-order valence-corrected chi connectivity index (χ0v) is 12.6. The Morgan fingerprint density at radius 3 is 2.52 bits per heavy atom. The minimum atomic E-state index is 0.596. The number of para-hydroxylation sites is 1. The van der Waals surface area contributed by atoms with Crippen LogP contribution >= 0.6 is 0 Å². The molecule has 0 bridgehead atoms. The van der Waals surface area contributed by atoms with Crippen molar-refractivity contribution in [3.05, 3.63) is 41.2 Å². The van der Waals surface area contributed by atoms with Crippen LogP contribution in [0.4, 0.5) is 17.3 Å². The lowest BCUT2D eigenvalue weighted by atomic mass is 10.2. The van der Waals surface area contributed by atoms with Crippen LogP contribution in [0.1, 0.15) is 30.8 Å². The van der Waals surface area contributed by atoms with Gasteiger partial charge in [-0.3, -0.25) is 0 Å². The van der Waals surface area contributed by atoms with Crippen molar-refractivity contribution in [1.29, 1.82) is 5.26 Å². The number of aromatic nitrogens is 2. The highest BCUT2D eigenvalue weighted by atomic mass is 15.1. The summed E-state index contributed by atoms with van der Waals surface area (Å²) in [5.74, 6) is 2.34. The minimum Gasteiger partial charge on any atom is -0.370 e. The second-order valence-electron chi connectivity index (χ2n) is 4.63. The van der Waals surface area contributed by atoms with E-state index in [-0.39, 0.29) is 0 Å². The minimum absolute atomic E-state index is 0.596. The van der Waals surface area contributed by atoms with Gasteiger partial charge in [-0.05, 0) is 26.0 Å². The Kier molecular flexibility index (Phi) is 4.72. The highest BCUT2D eigenvalue weighted by Crippen LogP contribution is 2.25. The molecule has 0 radical (unpaired) electrons. The van der Waals surface area contributed by atoms with Crippen molar-refractivity contribution < 1.29 is 0 Å². The molecular formula is C16H19N5. The van der Waals surface area contributed by atoms with E-state index in [9.17, 15) is 5.26 Å². The lowest BCUT2D eigenvalue weighted by Crippen LogP contribution is -2.09. The van der Waals surface area contributed by atoms with E-state index in [1.165, 1.54) is 0 Å². The van der Waals surface area contributed by atoms with Gasteiger partial charge < -0.3 is 10.6 Å². The Morgan fingerprint density at radius 2 is 1.86 bits per heavy atom. The SMILES string of the molecule is CCNc1nc(CC)nc(Nc2ccccc2C#N)c1C. The van der Waals surface area contributed by atoms with Crippen LogP contribution in [-0.4, -0.2) is 16.5 Å². The molecule has 0 unspecified atom stereocenters. The molecule has 5 nitrogen and oxygen atoms in total. The molecule has 0 saturated heterocycles. The number of nitrogens with one attached hydrogen (secondary N) is 2. The summed E-state index contributed by atoms with van der Waals surface area (Å²) >= 11 is 0. The maximum Gasteiger partial charge on any atom is 0.139 e. The number of nitriles is 1. The molecule has 1 aromatic carbocycles. The first-order valence-electron chi connectivity index (χ1n) is 7.07. The summed E-state index contributed by atoms with van der Waals surface area (Å²) in [6.07, 6.45) is 0.757. The van der Waals surface area contributed by atoms with Crippen molar-refractivity contribution in [2.24, 2.45) is 0 Å². The second-order valence-corrected chi connectivity index (χ2v) is 4.63. The standard InChI is InChI=1S/C16H19N5/c1-4-14-20-15(18-5-2)11(3)16(21-14)19-13-9-7-6-8-12(13)10-17/h6-9H,4-5H2,1-3H3,(H2,18,19,20,21). The maximum absolute atomic E-state index is 9.17. The van der Waals surface area contributed by atoms with Crippen molar-refractivity contribution in [3.63, 3.8) is 0 Å². The summed E-state index contributed by atoms with van der Waals surface area (Å²) in [5, 5.41) is 15.7. The van der Waals surface area contributed by atoms with Crippen LogP contribution < -0.4 is 10.6 Å². The van der Waals surface area contributed by atoms with Gasteiger partial charge in [-0.1, -0.05) is 19.1 Å². The molecule has 0 atom stereocenters. The molecule has 0 aliphatic carbocycles. The summed E-state index contributed by atoms with van der Waals surface area (Å²) in [4.78, 5) is 9.03. The summed E-state index contributed by atoms with van der Waals surface area (Å²) < 4.78 is 0. The Bertz CT molecular complexity index is 673. The Hall–Kier alpha value is -2.61. The van der Waals surface area contributed by atoms with E-state index in [1.54, 1.807) is 6.07 Å². The van der Waals surface area contributed by atoms with E-state index < -0.39 is 0 Å². The van der Waals surface area contributed by atoms with Gasteiger partial charge in [-0.15, -0.1) is 0 Å². The van der Waals surface area contributed by atoms with Gasteiger partial charge >= 0.3 is 0 Å². The third-order valence-corrected chi connectivity index (χ3v) is 3.15. The van der Waals surface area contributed by atoms with E-state index in [0.717, 1.165) is 41.7 Å². The van der Waals surface area contributed by atoms with Gasteiger partial charge in [0.1, 0.15) is 23.5 Å². The van der Waals surface area contributed by atoms with Crippen LogP contribution in [0.15, 0.2) is 24.3 Å². The van der Waals surface area contributed by atoms with Crippen LogP contribution in [0.2, 0.25) is 0 Å². The summed E-state index contributed by atoms with van der Waals surface area (Å²) in [6, 6.07) is 9.58. The van der Waals surface area contributed by atoms with Gasteiger partial charge in [0.25, 0.3) is 0 Å². The molecule has 21 heavy (non-hydrogen) atoms. The molecule has 0 aliphatic rings. The average Bonchev–Trinajstić information content (AvgIpc) is 2.51. The smallest absolute Gasteiger partial charge is 0.139 e. The summed E-state index contributed by atoms with van der Waals surface area (Å²) in [5.41, 5.74) is 2.30. The highest BCUT2D eigenvalue weighted by molar-refractivity contribution is 5.69. The molecule has 2 rings (SSSR count). The van der Waals surface area contributed by atoms with Gasteiger partial charge in [0, 0.05) is 18.5 Å². The zero-order valence-electron chi connectivity index (χ0n) is 12.6. The molecule has 1 aromatic heterocycles. The molecule has 0 fully saturated rings. The average molecular weight is 281 g/mol. The molecule has 108 valence electrons. The van der Waals surface area contributed by atoms with E-state index in [2.05, 4.69) is 26.7 Å². The fourth-order valence-electron chi connectivity index (χ4n) is 2.00. The Labute approximate surface area is 125 Å². The molecule has 2 aromatic rings. The molecule has 0 aliphatic heterocycles. The fraction of sp³-hybridized carbons (Fsp3) is 0.312. The molecule has 0 spiro atoms. The second kappa shape index (κ2) is 6.71. The molecular weight excluding hydrogens is 262 g/mol. The van der Waals surface area contributed by atoms with Crippen molar-refractivity contribution >= 4 is 17.3 Å². The van der Waals surface area contributed by atoms with Crippen molar-refractivity contribution in [2.75, 3.05) is 17.2 Å². The van der Waals surface area contributed by atoms with E-state index >= 15 is 0 Å². The fourth-order valence-corrected chi connectivity index (χ4v) is 2.00. The van der Waals surface area contributed by atoms with Crippen LogP contribution in [0.25, 0.3) is 0 Å². The molecule has 0 amide bonds. The monoisotopic (exact) mass is 281 g/mol. The predicted octanol–water partition coefficient (Wildman–Crippen LogP) is 3.39. The number of benzene rings is 1. The quantitative estimate of drug-likeness (QED) is 0.878. The number of aryl methyl sites for hydroxylation is 1. The molecule has 5 heteroatoms. The van der Waals surface area contributed by atoms with Gasteiger partial charge in [-0.2, -0.15) is 5.26 Å². The van der Waals surface area contributed by atoms with Gasteiger partial charge in [0.2, 0.25) is 0 Å². The number of hydrogen-bond acceptors (Lipinski definition) is 5. The van der Waals surface area contributed by atoms with E-state index in [0.29, 0.717) is 5.56 Å². The third-order valence-electron chi connectivity index (χ3n) is 3.15. The summed E-state index contributed by atoms with van der Waals surface area (Å²) in [6.45, 7) is 6.82. The van der Waals surface area contributed by atoms with Crippen LogP contribution in [0.5, 0.6) is 0 Å². The van der Waals surface area contributed by atoms with Crippen LogP contribution in [-0.2, 0) is 6.42 Å². The first-order chi connectivity index (χ1) is 10.2. The third kappa shape index (κ3) is 3.29. The van der Waals surface area contributed by atoms with Gasteiger partial charge in [-0.25, -0.2) is 9.97 Å². The molecule has 2 N–H and O–H groups in total. The van der Waals surface area contributed by atoms with E-state index in [4.69, 9.17) is 0 Å². The molecule has 0 saturated carbocycles. The first-order valence-corrected chi connectivity index (χ1v) is 7.07. The Balaban J connectivity index is 2.43. The topological polar surface area (TPSA) is 73.6 Å². The number of hydrogen-bond donors (Lipinski definition) is 2. The normalized spacial score (nSPS) is 10.0. The highest BCUT2D eigenvalue weighted by Gasteiger charge is 2.11. The van der Waals surface area contributed by atoms with Gasteiger partial charge in [0.05, 0.1) is 11.3 Å². The number of rotatable bonds is 5. The molecule has 1 heterocycles. The predicted molar refractivity (Wildman–Crippen MR) is 84.8 cm³/mol. The number of anilines is 3. The number of nitrogens with zero attached hydrogens (tertiary/aromatic N) is 3. The lowest BCUT2D eigenvalue weighted by molar-refractivity contribution is 0.930. The maximum atomic E-state index is 9.17. The van der Waals surface area contributed by atoms with Crippen molar-refractivity contribution in [1.82, 2.24) is 9.97 Å².